The van der Waals surface area contributed by atoms with Gasteiger partial charge >= 0.3 is 0 Å². The number of nitrogens with zero attached hydrogens (tertiary/aromatic N) is 1. The molecular weight excluding hydrogens is 226 g/mol. The van der Waals surface area contributed by atoms with Crippen LogP contribution in [0.1, 0.15) is 5.56 Å². The summed E-state index contributed by atoms with van der Waals surface area (Å²) in [5, 5.41) is 10.6. The highest BCUT2D eigenvalue weighted by atomic mass is 16.7. The Balaban J connectivity index is 2.75. The molecule has 0 N–H and O–H groups in total. The van der Waals surface area contributed by atoms with E-state index in [-0.39, 0.29) is 12.3 Å². The summed E-state index contributed by atoms with van der Waals surface area (Å²) < 4.78 is 15.3. The average Bonchev–Trinajstić information content (AvgIpc) is 2.32. The van der Waals surface area contributed by atoms with E-state index >= 15 is 0 Å². The van der Waals surface area contributed by atoms with E-state index in [0.717, 1.165) is 5.56 Å². The van der Waals surface area contributed by atoms with Crippen LogP contribution < -0.4 is 4.74 Å². The Morgan fingerprint density at radius 1 is 1.35 bits per heavy atom. The van der Waals surface area contributed by atoms with E-state index in [1.54, 1.807) is 6.07 Å². The predicted octanol–water partition coefficient (Wildman–Crippen LogP) is 1.90. The van der Waals surface area contributed by atoms with Crippen LogP contribution in [0.5, 0.6) is 5.75 Å². The highest BCUT2D eigenvalue weighted by molar-refractivity contribution is 5.43. The molecule has 0 aliphatic carbocycles. The molecule has 0 radical (unpaired) electrons. The van der Waals surface area contributed by atoms with E-state index in [4.69, 9.17) is 14.2 Å². The first-order valence-electron chi connectivity index (χ1n) is 5.02. The van der Waals surface area contributed by atoms with Crippen molar-refractivity contribution in [1.29, 1.82) is 0 Å². The SMILES string of the molecule is COC(COc1cc([N+](=O)[O-])ccc1C)OC. The lowest BCUT2D eigenvalue weighted by molar-refractivity contribution is -0.385. The van der Waals surface area contributed by atoms with Crippen LogP contribution in [0.3, 0.4) is 0 Å². The fourth-order valence-electron chi connectivity index (χ4n) is 1.25. The Morgan fingerprint density at radius 3 is 2.53 bits per heavy atom. The van der Waals surface area contributed by atoms with Crippen LogP contribution in [-0.2, 0) is 9.47 Å². The molecule has 6 nitrogen and oxygen atoms in total. The van der Waals surface area contributed by atoms with Gasteiger partial charge < -0.3 is 14.2 Å². The highest BCUT2D eigenvalue weighted by Crippen LogP contribution is 2.24. The lowest BCUT2D eigenvalue weighted by Crippen LogP contribution is -2.22. The highest BCUT2D eigenvalue weighted by Gasteiger charge is 2.12. The first-order valence-corrected chi connectivity index (χ1v) is 5.02. The second-order valence-corrected chi connectivity index (χ2v) is 3.42. The van der Waals surface area contributed by atoms with Gasteiger partial charge in [-0.1, -0.05) is 0 Å². The molecule has 0 saturated carbocycles. The quantitative estimate of drug-likeness (QED) is 0.432. The maximum absolute atomic E-state index is 10.6. The van der Waals surface area contributed by atoms with Crippen molar-refractivity contribution in [3.8, 4) is 5.75 Å². The normalized spacial score (nSPS) is 10.6. The molecular formula is C11H15NO5. The molecule has 0 spiro atoms. The Bertz CT molecular complexity index is 389. The van der Waals surface area contributed by atoms with E-state index in [1.165, 1.54) is 26.4 Å². The maximum Gasteiger partial charge on any atom is 0.273 e. The number of rotatable bonds is 6. The Labute approximate surface area is 99.2 Å². The Morgan fingerprint density at radius 2 is 2.00 bits per heavy atom. The third kappa shape index (κ3) is 3.69. The van der Waals surface area contributed by atoms with Gasteiger partial charge in [-0.15, -0.1) is 0 Å². The van der Waals surface area contributed by atoms with Crippen molar-refractivity contribution in [3.05, 3.63) is 33.9 Å². The first-order chi connectivity index (χ1) is 8.08. The monoisotopic (exact) mass is 241 g/mol. The molecule has 0 unspecified atom stereocenters. The van der Waals surface area contributed by atoms with Gasteiger partial charge in [0.25, 0.3) is 5.69 Å². The Kier molecular flexibility index (Phi) is 4.86. The number of hydrogen-bond acceptors (Lipinski definition) is 5. The molecule has 1 rings (SSSR count). The minimum absolute atomic E-state index is 0.00279. The fourth-order valence-corrected chi connectivity index (χ4v) is 1.25. The molecule has 0 fully saturated rings. The van der Waals surface area contributed by atoms with Crippen molar-refractivity contribution in [2.24, 2.45) is 0 Å². The molecule has 94 valence electrons. The number of benzene rings is 1. The van der Waals surface area contributed by atoms with Crippen LogP contribution in [0.4, 0.5) is 5.69 Å². The minimum atomic E-state index is -0.492. The number of methoxy groups -OCH3 is 2. The van der Waals surface area contributed by atoms with Gasteiger partial charge in [0, 0.05) is 20.3 Å². The molecule has 0 bridgehead atoms. The Hall–Kier alpha value is -1.66. The second-order valence-electron chi connectivity index (χ2n) is 3.42. The number of ether oxygens (including phenoxy) is 3. The van der Waals surface area contributed by atoms with Crippen molar-refractivity contribution < 1.29 is 19.1 Å². The third-order valence-electron chi connectivity index (χ3n) is 2.28. The lowest BCUT2D eigenvalue weighted by Gasteiger charge is -2.15. The molecule has 6 heteroatoms. The van der Waals surface area contributed by atoms with Crippen molar-refractivity contribution in [3.63, 3.8) is 0 Å². The zero-order chi connectivity index (χ0) is 12.8. The molecule has 0 atom stereocenters. The van der Waals surface area contributed by atoms with E-state index in [0.29, 0.717) is 5.75 Å². The molecule has 1 aromatic rings. The minimum Gasteiger partial charge on any atom is -0.488 e. The smallest absolute Gasteiger partial charge is 0.273 e. The summed E-state index contributed by atoms with van der Waals surface area (Å²) in [5.74, 6) is 0.457. The van der Waals surface area contributed by atoms with Crippen molar-refractivity contribution in [1.82, 2.24) is 0 Å². The summed E-state index contributed by atoms with van der Waals surface area (Å²) in [6, 6.07) is 4.46. The van der Waals surface area contributed by atoms with Gasteiger partial charge in [0.1, 0.15) is 12.4 Å². The van der Waals surface area contributed by atoms with Gasteiger partial charge in [0.05, 0.1) is 11.0 Å². The van der Waals surface area contributed by atoms with E-state index in [2.05, 4.69) is 0 Å². The summed E-state index contributed by atoms with van der Waals surface area (Å²) in [6.45, 7) is 1.99. The third-order valence-corrected chi connectivity index (χ3v) is 2.28. The van der Waals surface area contributed by atoms with Crippen molar-refractivity contribution >= 4 is 5.69 Å². The second kappa shape index (κ2) is 6.17. The summed E-state index contributed by atoms with van der Waals surface area (Å²) in [7, 11) is 3.00. The summed E-state index contributed by atoms with van der Waals surface area (Å²) in [5.41, 5.74) is 0.818. The maximum atomic E-state index is 10.6. The molecule has 0 aliphatic heterocycles. The van der Waals surface area contributed by atoms with Crippen LogP contribution in [0, 0.1) is 17.0 Å². The lowest BCUT2D eigenvalue weighted by atomic mass is 10.2. The van der Waals surface area contributed by atoms with Crippen molar-refractivity contribution in [2.45, 2.75) is 13.2 Å². The zero-order valence-electron chi connectivity index (χ0n) is 10.0. The number of nitro benzene ring substituents is 1. The van der Waals surface area contributed by atoms with Crippen LogP contribution >= 0.6 is 0 Å². The van der Waals surface area contributed by atoms with E-state index in [1.807, 2.05) is 6.92 Å². The van der Waals surface area contributed by atoms with Crippen molar-refractivity contribution in [2.75, 3.05) is 20.8 Å². The van der Waals surface area contributed by atoms with Crippen LogP contribution in [0.15, 0.2) is 18.2 Å². The topological polar surface area (TPSA) is 70.8 Å². The molecule has 0 amide bonds. The summed E-state index contributed by atoms with van der Waals surface area (Å²) in [6.07, 6.45) is -0.492. The standard InChI is InChI=1S/C11H15NO5/c1-8-4-5-9(12(13)14)6-10(8)17-7-11(15-2)16-3/h4-6,11H,7H2,1-3H3. The number of non-ortho nitro benzene ring substituents is 1. The van der Waals surface area contributed by atoms with Gasteiger partial charge in [0.15, 0.2) is 6.29 Å². The molecule has 0 aromatic heterocycles. The largest absolute Gasteiger partial charge is 0.488 e. The first kappa shape index (κ1) is 13.4. The number of aryl methyl sites for hydroxylation is 1. The summed E-state index contributed by atoms with van der Waals surface area (Å²) in [4.78, 5) is 10.2. The average molecular weight is 241 g/mol. The van der Waals surface area contributed by atoms with Gasteiger partial charge in [-0.3, -0.25) is 10.1 Å². The zero-order valence-corrected chi connectivity index (χ0v) is 10.0. The number of hydrogen-bond donors (Lipinski definition) is 0. The van der Waals surface area contributed by atoms with Gasteiger partial charge in [-0.05, 0) is 18.6 Å². The van der Waals surface area contributed by atoms with Gasteiger partial charge in [-0.25, -0.2) is 0 Å². The van der Waals surface area contributed by atoms with E-state index in [9.17, 15) is 10.1 Å². The molecule has 0 aliphatic rings. The molecule has 1 aromatic carbocycles. The van der Waals surface area contributed by atoms with Gasteiger partial charge in [0.2, 0.25) is 0 Å². The predicted molar refractivity (Wildman–Crippen MR) is 61.1 cm³/mol. The fraction of sp³-hybridized carbons (Fsp3) is 0.455. The van der Waals surface area contributed by atoms with Gasteiger partial charge in [-0.2, -0.15) is 0 Å². The molecule has 0 heterocycles. The van der Waals surface area contributed by atoms with Crippen LogP contribution in [0.2, 0.25) is 0 Å². The summed E-state index contributed by atoms with van der Waals surface area (Å²) >= 11 is 0. The number of nitro groups is 1. The van der Waals surface area contributed by atoms with Crippen LogP contribution in [-0.4, -0.2) is 32.0 Å². The molecule has 17 heavy (non-hydrogen) atoms. The molecule has 0 saturated heterocycles. The van der Waals surface area contributed by atoms with Crippen LogP contribution in [0.25, 0.3) is 0 Å². The van der Waals surface area contributed by atoms with E-state index < -0.39 is 11.2 Å².